The molecule has 0 radical (unpaired) electrons. The van der Waals surface area contributed by atoms with Gasteiger partial charge in [-0.3, -0.25) is 9.89 Å². The summed E-state index contributed by atoms with van der Waals surface area (Å²) in [5.74, 6) is 0. The lowest BCUT2D eigenvalue weighted by Crippen LogP contribution is -2.31. The number of nitrogens with zero attached hydrogens (tertiary/aromatic N) is 2. The zero-order valence-electron chi connectivity index (χ0n) is 4.94. The molecule has 1 rings (SSSR count). The van der Waals surface area contributed by atoms with Gasteiger partial charge in [-0.2, -0.15) is 0 Å². The van der Waals surface area contributed by atoms with Crippen LogP contribution < -0.4 is 0 Å². The van der Waals surface area contributed by atoms with Crippen LogP contribution in [0.2, 0.25) is 0 Å². The number of aliphatic imine (C=N–C) groups is 1. The van der Waals surface area contributed by atoms with Gasteiger partial charge in [-0.15, -0.1) is 0 Å². The number of rotatable bonds is 0. The fourth-order valence-corrected chi connectivity index (χ4v) is 0.998. The summed E-state index contributed by atoms with van der Waals surface area (Å²) in [5, 5.41) is 8.00. The Morgan fingerprint density at radius 1 is 1.80 bits per heavy atom. The average Bonchev–Trinajstić information content (AvgIpc) is 1.88. The standard InChI is InChI=1S/C5H5BrN2O2/c6-4-7-2-1-3-8(4)5(9)10/h1-4H,(H,9,10)/t4-/m0/s1. The van der Waals surface area contributed by atoms with Gasteiger partial charge in [0.2, 0.25) is 0 Å². The Morgan fingerprint density at radius 3 is 2.90 bits per heavy atom. The number of allylic oxidation sites excluding steroid dienone is 1. The SMILES string of the molecule is O=C(O)N1C=CC=N[C@@H]1Br. The number of alkyl halides is 1. The monoisotopic (exact) mass is 204 g/mol. The zero-order valence-corrected chi connectivity index (χ0v) is 6.52. The molecule has 0 spiro atoms. The van der Waals surface area contributed by atoms with Crippen molar-refractivity contribution >= 4 is 28.2 Å². The van der Waals surface area contributed by atoms with E-state index in [1.807, 2.05) is 0 Å². The van der Waals surface area contributed by atoms with E-state index in [0.717, 1.165) is 4.90 Å². The van der Waals surface area contributed by atoms with Gasteiger partial charge in [0.15, 0.2) is 5.08 Å². The van der Waals surface area contributed by atoms with Gasteiger partial charge in [-0.25, -0.2) is 4.79 Å². The maximum Gasteiger partial charge on any atom is 0.413 e. The van der Waals surface area contributed by atoms with Gasteiger partial charge in [0, 0.05) is 12.4 Å². The second-order valence-corrected chi connectivity index (χ2v) is 2.46. The molecule has 1 aliphatic rings. The fourth-order valence-electron chi connectivity index (χ4n) is 0.550. The Kier molecular flexibility index (Phi) is 2.06. The smallest absolute Gasteiger partial charge is 0.413 e. The van der Waals surface area contributed by atoms with Gasteiger partial charge in [0.1, 0.15) is 0 Å². The van der Waals surface area contributed by atoms with Crippen molar-refractivity contribution in [2.45, 2.75) is 5.08 Å². The molecule has 4 nitrogen and oxygen atoms in total. The van der Waals surface area contributed by atoms with Crippen LogP contribution in [0.5, 0.6) is 0 Å². The Hall–Kier alpha value is -0.840. The summed E-state index contributed by atoms with van der Waals surface area (Å²) in [6.07, 6.45) is 3.52. The molecule has 0 aromatic rings. The molecule has 5 heteroatoms. The maximum absolute atomic E-state index is 10.3. The van der Waals surface area contributed by atoms with Gasteiger partial charge in [-0.05, 0) is 22.0 Å². The molecule has 1 atom stereocenters. The van der Waals surface area contributed by atoms with E-state index in [2.05, 4.69) is 20.9 Å². The molecular weight excluding hydrogens is 200 g/mol. The normalized spacial score (nSPS) is 23.3. The second kappa shape index (κ2) is 2.83. The Labute approximate surface area is 66.0 Å². The molecule has 0 saturated heterocycles. The predicted octanol–water partition coefficient (Wildman–Crippen LogP) is 1.24. The van der Waals surface area contributed by atoms with Crippen LogP contribution in [0.25, 0.3) is 0 Å². The molecule has 0 unspecified atom stereocenters. The summed E-state index contributed by atoms with van der Waals surface area (Å²) >= 11 is 3.05. The molecule has 0 bridgehead atoms. The highest BCUT2D eigenvalue weighted by atomic mass is 79.9. The predicted molar refractivity (Wildman–Crippen MR) is 40.2 cm³/mol. The first-order valence-electron chi connectivity index (χ1n) is 2.57. The van der Waals surface area contributed by atoms with Gasteiger partial charge in [0.05, 0.1) is 0 Å². The van der Waals surface area contributed by atoms with E-state index in [1.165, 1.54) is 6.20 Å². The zero-order chi connectivity index (χ0) is 7.56. The van der Waals surface area contributed by atoms with Crippen molar-refractivity contribution in [3.8, 4) is 0 Å². The van der Waals surface area contributed by atoms with E-state index < -0.39 is 11.2 Å². The number of hydrogen-bond donors (Lipinski definition) is 1. The fraction of sp³-hybridized carbons (Fsp3) is 0.200. The highest BCUT2D eigenvalue weighted by molar-refractivity contribution is 9.09. The third kappa shape index (κ3) is 1.36. The first-order chi connectivity index (χ1) is 4.72. The van der Waals surface area contributed by atoms with Crippen LogP contribution in [0.3, 0.4) is 0 Å². The summed E-state index contributed by atoms with van der Waals surface area (Å²) in [7, 11) is 0. The van der Waals surface area contributed by atoms with Crippen LogP contribution in [0, 0.1) is 0 Å². The second-order valence-electron chi connectivity index (χ2n) is 1.64. The van der Waals surface area contributed by atoms with Crippen LogP contribution in [0.15, 0.2) is 17.3 Å². The van der Waals surface area contributed by atoms with Crippen molar-refractivity contribution in [3.05, 3.63) is 12.3 Å². The van der Waals surface area contributed by atoms with E-state index in [-0.39, 0.29) is 0 Å². The van der Waals surface area contributed by atoms with Crippen molar-refractivity contribution < 1.29 is 9.90 Å². The highest BCUT2D eigenvalue weighted by Crippen LogP contribution is 2.11. The van der Waals surface area contributed by atoms with Crippen LogP contribution in [-0.2, 0) is 0 Å². The van der Waals surface area contributed by atoms with Crippen LogP contribution in [0.1, 0.15) is 0 Å². The van der Waals surface area contributed by atoms with E-state index in [1.54, 1.807) is 12.3 Å². The van der Waals surface area contributed by atoms with E-state index in [9.17, 15) is 4.79 Å². The molecule has 1 amide bonds. The summed E-state index contributed by atoms with van der Waals surface area (Å²) in [4.78, 5) is 15.2. The first kappa shape index (κ1) is 7.27. The van der Waals surface area contributed by atoms with E-state index in [4.69, 9.17) is 5.11 Å². The molecule has 0 aromatic heterocycles. The van der Waals surface area contributed by atoms with Gasteiger partial charge >= 0.3 is 6.09 Å². The number of amides is 1. The molecule has 1 N–H and O–H groups in total. The minimum Gasteiger partial charge on any atom is -0.465 e. The molecule has 10 heavy (non-hydrogen) atoms. The molecule has 1 heterocycles. The first-order valence-corrected chi connectivity index (χ1v) is 3.48. The van der Waals surface area contributed by atoms with Gasteiger partial charge in [0.25, 0.3) is 0 Å². The minimum atomic E-state index is -1.02. The minimum absolute atomic E-state index is 0.477. The maximum atomic E-state index is 10.3. The van der Waals surface area contributed by atoms with Crippen molar-refractivity contribution in [3.63, 3.8) is 0 Å². The third-order valence-corrected chi connectivity index (χ3v) is 1.67. The molecule has 0 aliphatic carbocycles. The summed E-state index contributed by atoms with van der Waals surface area (Å²) in [6.45, 7) is 0. The number of halogens is 1. The molecular formula is C5H5BrN2O2. The van der Waals surface area contributed by atoms with E-state index >= 15 is 0 Å². The lowest BCUT2D eigenvalue weighted by Gasteiger charge is -2.18. The lowest BCUT2D eigenvalue weighted by molar-refractivity contribution is 0.161. The van der Waals surface area contributed by atoms with Crippen LogP contribution in [-0.4, -0.2) is 27.4 Å². The van der Waals surface area contributed by atoms with Gasteiger partial charge < -0.3 is 5.11 Å². The topological polar surface area (TPSA) is 52.9 Å². The molecule has 0 aromatic carbocycles. The summed E-state index contributed by atoms with van der Waals surface area (Å²) in [6, 6.07) is 0. The highest BCUT2D eigenvalue weighted by Gasteiger charge is 2.17. The summed E-state index contributed by atoms with van der Waals surface area (Å²) < 4.78 is 0. The van der Waals surface area contributed by atoms with Crippen molar-refractivity contribution in [2.75, 3.05) is 0 Å². The van der Waals surface area contributed by atoms with Crippen molar-refractivity contribution in [1.82, 2.24) is 4.90 Å². The third-order valence-electron chi connectivity index (χ3n) is 0.992. The Morgan fingerprint density at radius 2 is 2.50 bits per heavy atom. The molecule has 0 saturated carbocycles. The van der Waals surface area contributed by atoms with Gasteiger partial charge in [-0.1, -0.05) is 0 Å². The lowest BCUT2D eigenvalue weighted by atomic mass is 10.5. The molecule has 54 valence electrons. The van der Waals surface area contributed by atoms with Crippen LogP contribution >= 0.6 is 15.9 Å². The van der Waals surface area contributed by atoms with Crippen LogP contribution in [0.4, 0.5) is 4.79 Å². The Balaban J connectivity index is 2.70. The number of hydrogen-bond acceptors (Lipinski definition) is 2. The summed E-state index contributed by atoms with van der Waals surface area (Å²) in [5.41, 5.74) is 0. The Bertz CT molecular complexity index is 202. The largest absolute Gasteiger partial charge is 0.465 e. The average molecular weight is 205 g/mol. The molecule has 0 fully saturated rings. The van der Waals surface area contributed by atoms with Crippen molar-refractivity contribution in [2.24, 2.45) is 4.99 Å². The number of carboxylic acid groups (broad SMARTS) is 1. The number of carbonyl (C=O) groups is 1. The van der Waals surface area contributed by atoms with E-state index in [0.29, 0.717) is 0 Å². The quantitative estimate of drug-likeness (QED) is 0.477. The molecule has 1 aliphatic heterocycles. The van der Waals surface area contributed by atoms with Crippen molar-refractivity contribution in [1.29, 1.82) is 0 Å².